The zero-order valence-electron chi connectivity index (χ0n) is 9.85. The molecule has 0 unspecified atom stereocenters. The summed E-state index contributed by atoms with van der Waals surface area (Å²) in [6.07, 6.45) is 1.41. The first kappa shape index (κ1) is 11.7. The number of hydrogen-bond acceptors (Lipinski definition) is 4. The smallest absolute Gasteiger partial charge is 0.252 e. The van der Waals surface area contributed by atoms with Crippen molar-refractivity contribution in [3.05, 3.63) is 54.4 Å². The number of amides is 1. The Morgan fingerprint density at radius 3 is 2.68 bits per heavy atom. The predicted molar refractivity (Wildman–Crippen MR) is 72.1 cm³/mol. The Hall–Kier alpha value is -2.34. The van der Waals surface area contributed by atoms with E-state index in [0.717, 1.165) is 9.92 Å². The maximum absolute atomic E-state index is 11.3. The van der Waals surface area contributed by atoms with Crippen LogP contribution in [0.15, 0.2) is 58.7 Å². The van der Waals surface area contributed by atoms with Crippen LogP contribution in [0.5, 0.6) is 0 Å². The highest BCUT2D eigenvalue weighted by atomic mass is 32.2. The largest absolute Gasteiger partial charge is 0.365 e. The van der Waals surface area contributed by atoms with Gasteiger partial charge in [0.15, 0.2) is 5.65 Å². The number of hydrogen-bond donors (Lipinski definition) is 1. The molecule has 0 aliphatic carbocycles. The summed E-state index contributed by atoms with van der Waals surface area (Å²) < 4.78 is 1.62. The molecular formula is C13H10N4OS. The molecule has 1 aromatic carbocycles. The van der Waals surface area contributed by atoms with Crippen molar-refractivity contribution in [3.63, 3.8) is 0 Å². The zero-order chi connectivity index (χ0) is 13.2. The first-order valence-corrected chi connectivity index (χ1v) is 6.43. The van der Waals surface area contributed by atoms with E-state index in [1.54, 1.807) is 22.3 Å². The number of aromatic nitrogens is 3. The fourth-order valence-electron chi connectivity index (χ4n) is 1.77. The van der Waals surface area contributed by atoms with Crippen LogP contribution in [0.25, 0.3) is 5.65 Å². The number of benzene rings is 1. The van der Waals surface area contributed by atoms with Gasteiger partial charge in [0.25, 0.3) is 5.91 Å². The second-order valence-electron chi connectivity index (χ2n) is 3.86. The molecule has 2 N–H and O–H groups in total. The Morgan fingerprint density at radius 2 is 1.95 bits per heavy atom. The number of nitrogens with two attached hydrogens (primary N) is 1. The summed E-state index contributed by atoms with van der Waals surface area (Å²) in [6.45, 7) is 0. The molecule has 0 radical (unpaired) electrons. The van der Waals surface area contributed by atoms with E-state index < -0.39 is 5.91 Å². The normalized spacial score (nSPS) is 10.7. The summed E-state index contributed by atoms with van der Waals surface area (Å²) in [5.74, 6) is -0.505. The maximum atomic E-state index is 11.3. The van der Waals surface area contributed by atoms with Crippen LogP contribution in [0.4, 0.5) is 0 Å². The van der Waals surface area contributed by atoms with E-state index in [9.17, 15) is 4.79 Å². The van der Waals surface area contributed by atoms with Gasteiger partial charge in [-0.1, -0.05) is 30.0 Å². The molecule has 0 spiro atoms. The van der Waals surface area contributed by atoms with E-state index >= 15 is 0 Å². The van der Waals surface area contributed by atoms with Crippen molar-refractivity contribution in [2.24, 2.45) is 5.73 Å². The predicted octanol–water partition coefficient (Wildman–Crippen LogP) is 1.98. The lowest BCUT2D eigenvalue weighted by Gasteiger charge is -2.05. The van der Waals surface area contributed by atoms with Crippen molar-refractivity contribution in [3.8, 4) is 0 Å². The second kappa shape index (κ2) is 4.74. The number of nitrogens with zero attached hydrogens (tertiary/aromatic N) is 3. The summed E-state index contributed by atoms with van der Waals surface area (Å²) >= 11 is 1.55. The van der Waals surface area contributed by atoms with Crippen LogP contribution in [0.2, 0.25) is 0 Å². The Kier molecular flexibility index (Phi) is 2.92. The highest BCUT2D eigenvalue weighted by Crippen LogP contribution is 2.28. The molecule has 2 heterocycles. The minimum atomic E-state index is -0.505. The molecule has 0 bridgehead atoms. The molecule has 19 heavy (non-hydrogen) atoms. The third-order valence-electron chi connectivity index (χ3n) is 2.62. The number of pyridine rings is 1. The SMILES string of the molecule is NC(=O)c1ccc(Sc2ccccc2)n2ncnc12. The van der Waals surface area contributed by atoms with Gasteiger partial charge in [-0.2, -0.15) is 5.10 Å². The van der Waals surface area contributed by atoms with Crippen LogP contribution >= 0.6 is 11.8 Å². The average Bonchev–Trinajstić information content (AvgIpc) is 2.89. The molecule has 3 rings (SSSR count). The number of carbonyl (C=O) groups excluding carboxylic acids is 1. The third-order valence-corrected chi connectivity index (χ3v) is 3.65. The van der Waals surface area contributed by atoms with E-state index in [4.69, 9.17) is 5.73 Å². The van der Waals surface area contributed by atoms with Gasteiger partial charge >= 0.3 is 0 Å². The lowest BCUT2D eigenvalue weighted by atomic mass is 10.2. The Morgan fingerprint density at radius 1 is 1.16 bits per heavy atom. The first-order valence-electron chi connectivity index (χ1n) is 5.61. The van der Waals surface area contributed by atoms with Gasteiger partial charge in [0.05, 0.1) is 5.56 Å². The molecule has 6 heteroatoms. The summed E-state index contributed by atoms with van der Waals surface area (Å²) in [4.78, 5) is 16.5. The number of fused-ring (bicyclic) bond motifs is 1. The van der Waals surface area contributed by atoms with Crippen LogP contribution in [-0.4, -0.2) is 20.5 Å². The van der Waals surface area contributed by atoms with Gasteiger partial charge in [-0.25, -0.2) is 9.50 Å². The van der Waals surface area contributed by atoms with Crippen LogP contribution in [-0.2, 0) is 0 Å². The van der Waals surface area contributed by atoms with Crippen LogP contribution in [0.1, 0.15) is 10.4 Å². The topological polar surface area (TPSA) is 73.3 Å². The minimum absolute atomic E-state index is 0.370. The molecule has 1 amide bonds. The Balaban J connectivity index is 2.08. The Labute approximate surface area is 113 Å². The minimum Gasteiger partial charge on any atom is -0.365 e. The highest BCUT2D eigenvalue weighted by molar-refractivity contribution is 7.99. The van der Waals surface area contributed by atoms with Crippen molar-refractivity contribution < 1.29 is 4.79 Å². The van der Waals surface area contributed by atoms with Crippen molar-refractivity contribution in [2.75, 3.05) is 0 Å². The standard InChI is InChI=1S/C13H10N4OS/c14-12(18)10-6-7-11(17-13(10)15-8-16-17)19-9-4-2-1-3-5-9/h1-8H,(H2,14,18). The van der Waals surface area contributed by atoms with Gasteiger partial charge in [-0.15, -0.1) is 0 Å². The molecule has 0 saturated heterocycles. The Bertz CT molecular complexity index is 739. The van der Waals surface area contributed by atoms with Gasteiger partial charge in [-0.3, -0.25) is 4.79 Å². The van der Waals surface area contributed by atoms with E-state index in [0.29, 0.717) is 11.2 Å². The second-order valence-corrected chi connectivity index (χ2v) is 4.95. The molecule has 2 aromatic heterocycles. The summed E-state index contributed by atoms with van der Waals surface area (Å²) in [6, 6.07) is 13.4. The van der Waals surface area contributed by atoms with Crippen LogP contribution in [0.3, 0.4) is 0 Å². The number of rotatable bonds is 3. The molecule has 0 saturated carbocycles. The van der Waals surface area contributed by atoms with Crippen molar-refractivity contribution in [2.45, 2.75) is 9.92 Å². The summed E-state index contributed by atoms with van der Waals surface area (Å²) in [7, 11) is 0. The van der Waals surface area contributed by atoms with Gasteiger partial charge < -0.3 is 5.73 Å². The summed E-state index contributed by atoms with van der Waals surface area (Å²) in [5, 5.41) is 5.01. The van der Waals surface area contributed by atoms with Crippen molar-refractivity contribution >= 4 is 23.3 Å². The van der Waals surface area contributed by atoms with E-state index in [2.05, 4.69) is 10.1 Å². The average molecular weight is 270 g/mol. The quantitative estimate of drug-likeness (QED) is 0.789. The summed E-state index contributed by atoms with van der Waals surface area (Å²) in [5.41, 5.74) is 6.17. The zero-order valence-corrected chi connectivity index (χ0v) is 10.7. The van der Waals surface area contributed by atoms with E-state index in [1.165, 1.54) is 6.33 Å². The molecule has 3 aromatic rings. The van der Waals surface area contributed by atoms with Crippen molar-refractivity contribution in [1.82, 2.24) is 14.6 Å². The fraction of sp³-hybridized carbons (Fsp3) is 0. The lowest BCUT2D eigenvalue weighted by molar-refractivity contribution is 0.100. The van der Waals surface area contributed by atoms with Crippen LogP contribution < -0.4 is 5.73 Å². The fourth-order valence-corrected chi connectivity index (χ4v) is 2.66. The molecule has 0 atom stereocenters. The highest BCUT2D eigenvalue weighted by Gasteiger charge is 2.12. The molecule has 0 aliphatic rings. The first-order chi connectivity index (χ1) is 9.25. The third kappa shape index (κ3) is 2.17. The lowest BCUT2D eigenvalue weighted by Crippen LogP contribution is -2.13. The molecule has 94 valence electrons. The van der Waals surface area contributed by atoms with Gasteiger partial charge in [-0.05, 0) is 24.3 Å². The van der Waals surface area contributed by atoms with Gasteiger partial charge in [0.1, 0.15) is 11.4 Å². The molecule has 0 aliphatic heterocycles. The van der Waals surface area contributed by atoms with E-state index in [1.807, 2.05) is 36.4 Å². The van der Waals surface area contributed by atoms with E-state index in [-0.39, 0.29) is 0 Å². The van der Waals surface area contributed by atoms with Crippen molar-refractivity contribution in [1.29, 1.82) is 0 Å². The maximum Gasteiger partial charge on any atom is 0.252 e. The van der Waals surface area contributed by atoms with Gasteiger partial charge in [0.2, 0.25) is 0 Å². The molecule has 0 fully saturated rings. The molecular weight excluding hydrogens is 260 g/mol. The van der Waals surface area contributed by atoms with Crippen LogP contribution in [0, 0.1) is 0 Å². The monoisotopic (exact) mass is 270 g/mol. The number of carbonyl (C=O) groups is 1. The van der Waals surface area contributed by atoms with Gasteiger partial charge in [0, 0.05) is 4.90 Å². The number of primary amides is 1. The molecule has 5 nitrogen and oxygen atoms in total.